The van der Waals surface area contributed by atoms with E-state index in [9.17, 15) is 8.78 Å². The standard InChI is InChI=1S/C6H5F2N5OS/c7-4(8)2-14-12-3(1-9)5-11-6(10)15-13-5/h4H,2H2,(H2,10,11,13). The summed E-state index contributed by atoms with van der Waals surface area (Å²) in [6, 6.07) is 1.61. The van der Waals surface area contributed by atoms with Gasteiger partial charge in [0.05, 0.1) is 0 Å². The first-order valence-electron chi connectivity index (χ1n) is 3.61. The van der Waals surface area contributed by atoms with E-state index in [-0.39, 0.29) is 16.7 Å². The predicted octanol–water partition coefficient (Wildman–Crippen LogP) is 0.630. The van der Waals surface area contributed by atoms with Crippen LogP contribution in [0.5, 0.6) is 0 Å². The minimum atomic E-state index is -2.65. The molecule has 0 aromatic carbocycles. The lowest BCUT2D eigenvalue weighted by Gasteiger charge is -1.96. The average molecular weight is 233 g/mol. The van der Waals surface area contributed by atoms with E-state index in [1.165, 1.54) is 0 Å². The van der Waals surface area contributed by atoms with Gasteiger partial charge in [-0.1, -0.05) is 5.16 Å². The number of oxime groups is 1. The van der Waals surface area contributed by atoms with E-state index in [1.807, 2.05) is 0 Å². The highest BCUT2D eigenvalue weighted by Gasteiger charge is 2.10. The highest BCUT2D eigenvalue weighted by molar-refractivity contribution is 7.09. The van der Waals surface area contributed by atoms with Crippen molar-refractivity contribution in [3.63, 3.8) is 0 Å². The summed E-state index contributed by atoms with van der Waals surface area (Å²) in [5.74, 6) is -0.0331. The number of nitrogens with two attached hydrogens (primary N) is 1. The van der Waals surface area contributed by atoms with Crippen LogP contribution in [0.3, 0.4) is 0 Å². The van der Waals surface area contributed by atoms with Gasteiger partial charge in [-0.25, -0.2) is 8.78 Å². The molecule has 15 heavy (non-hydrogen) atoms. The zero-order valence-electron chi connectivity index (χ0n) is 7.22. The molecule has 80 valence electrons. The SMILES string of the molecule is N#CC(=NOCC(F)F)c1nsc(N)n1. The number of hydrogen-bond acceptors (Lipinski definition) is 7. The van der Waals surface area contributed by atoms with E-state index in [2.05, 4.69) is 19.4 Å². The molecule has 0 fully saturated rings. The lowest BCUT2D eigenvalue weighted by atomic mass is 10.4. The van der Waals surface area contributed by atoms with Gasteiger partial charge in [0, 0.05) is 11.5 Å². The highest BCUT2D eigenvalue weighted by Crippen LogP contribution is 2.06. The molecule has 1 rings (SSSR count). The molecule has 0 aliphatic carbocycles. The Morgan fingerprint density at radius 2 is 2.47 bits per heavy atom. The molecule has 0 atom stereocenters. The van der Waals surface area contributed by atoms with Gasteiger partial charge in [0.1, 0.15) is 6.07 Å². The summed E-state index contributed by atoms with van der Waals surface area (Å²) in [6.07, 6.45) is -2.65. The molecule has 0 saturated heterocycles. The van der Waals surface area contributed by atoms with Crippen LogP contribution >= 0.6 is 11.5 Å². The van der Waals surface area contributed by atoms with Crippen LogP contribution in [0.1, 0.15) is 5.82 Å². The van der Waals surface area contributed by atoms with Gasteiger partial charge in [0.25, 0.3) is 6.43 Å². The molecule has 0 bridgehead atoms. The number of halogens is 2. The van der Waals surface area contributed by atoms with Crippen molar-refractivity contribution >= 4 is 22.4 Å². The van der Waals surface area contributed by atoms with Crippen LogP contribution in [0, 0.1) is 11.3 Å². The summed E-state index contributed by atoms with van der Waals surface area (Å²) in [7, 11) is 0. The summed E-state index contributed by atoms with van der Waals surface area (Å²) >= 11 is 0.869. The van der Waals surface area contributed by atoms with E-state index in [0.29, 0.717) is 0 Å². The first-order chi connectivity index (χ1) is 7.13. The molecule has 1 aromatic rings. The highest BCUT2D eigenvalue weighted by atomic mass is 32.1. The van der Waals surface area contributed by atoms with Gasteiger partial charge < -0.3 is 10.6 Å². The smallest absolute Gasteiger partial charge is 0.274 e. The van der Waals surface area contributed by atoms with Gasteiger partial charge in [-0.15, -0.1) is 0 Å². The van der Waals surface area contributed by atoms with Crippen LogP contribution in [0.25, 0.3) is 0 Å². The van der Waals surface area contributed by atoms with Gasteiger partial charge in [0.15, 0.2) is 11.7 Å². The number of rotatable bonds is 4. The van der Waals surface area contributed by atoms with Gasteiger partial charge in [0.2, 0.25) is 11.5 Å². The molecule has 1 heterocycles. The maximum atomic E-state index is 11.7. The van der Waals surface area contributed by atoms with Crippen molar-refractivity contribution < 1.29 is 13.6 Å². The van der Waals surface area contributed by atoms with Crippen molar-refractivity contribution in [3.05, 3.63) is 5.82 Å². The largest absolute Gasteiger partial charge is 0.389 e. The molecule has 6 nitrogen and oxygen atoms in total. The van der Waals surface area contributed by atoms with Crippen LogP contribution in [-0.2, 0) is 4.84 Å². The fraction of sp³-hybridized carbons (Fsp3) is 0.333. The van der Waals surface area contributed by atoms with E-state index >= 15 is 0 Å². The van der Waals surface area contributed by atoms with Gasteiger partial charge in [-0.2, -0.15) is 14.6 Å². The fourth-order valence-electron chi connectivity index (χ4n) is 0.601. The molecule has 0 aliphatic heterocycles. The normalized spacial score (nSPS) is 11.5. The summed E-state index contributed by atoms with van der Waals surface area (Å²) in [4.78, 5) is 7.86. The van der Waals surface area contributed by atoms with Crippen LogP contribution in [0.4, 0.5) is 13.9 Å². The van der Waals surface area contributed by atoms with Crippen LogP contribution < -0.4 is 5.73 Å². The second-order valence-corrected chi connectivity index (χ2v) is 2.98. The van der Waals surface area contributed by atoms with Crippen molar-refractivity contribution in [2.24, 2.45) is 5.16 Å². The third-order valence-electron chi connectivity index (χ3n) is 1.12. The van der Waals surface area contributed by atoms with Crippen molar-refractivity contribution in [1.29, 1.82) is 5.26 Å². The molecule has 2 N–H and O–H groups in total. The number of nitriles is 1. The van der Waals surface area contributed by atoms with Crippen molar-refractivity contribution in [1.82, 2.24) is 9.36 Å². The number of hydrogen-bond donors (Lipinski definition) is 1. The quantitative estimate of drug-likeness (QED) is 0.607. The Morgan fingerprint density at radius 1 is 1.73 bits per heavy atom. The second-order valence-electron chi connectivity index (χ2n) is 2.19. The lowest BCUT2D eigenvalue weighted by Crippen LogP contribution is -2.05. The van der Waals surface area contributed by atoms with Gasteiger partial charge >= 0.3 is 0 Å². The Hall–Kier alpha value is -1.82. The Balaban J connectivity index is 2.68. The summed E-state index contributed by atoms with van der Waals surface area (Å²) in [5, 5.41) is 11.9. The van der Waals surface area contributed by atoms with Crippen molar-refractivity contribution in [2.45, 2.75) is 6.43 Å². The summed E-state index contributed by atoms with van der Waals surface area (Å²) < 4.78 is 27.0. The number of nitrogens with zero attached hydrogens (tertiary/aromatic N) is 4. The van der Waals surface area contributed by atoms with E-state index in [1.54, 1.807) is 6.07 Å². The number of aromatic nitrogens is 2. The number of anilines is 1. The molecule has 0 unspecified atom stereocenters. The molecule has 0 aliphatic rings. The monoisotopic (exact) mass is 233 g/mol. The number of nitrogen functional groups attached to an aromatic ring is 1. The minimum Gasteiger partial charge on any atom is -0.389 e. The first kappa shape index (κ1) is 11.3. The number of alkyl halides is 2. The zero-order valence-corrected chi connectivity index (χ0v) is 8.04. The van der Waals surface area contributed by atoms with E-state index < -0.39 is 13.0 Å². The molecule has 0 amide bonds. The zero-order chi connectivity index (χ0) is 11.3. The third-order valence-corrected chi connectivity index (χ3v) is 1.66. The van der Waals surface area contributed by atoms with E-state index in [4.69, 9.17) is 11.0 Å². The Bertz CT molecular complexity index is 398. The molecule has 9 heteroatoms. The predicted molar refractivity (Wildman–Crippen MR) is 48.4 cm³/mol. The van der Waals surface area contributed by atoms with Crippen LogP contribution in [0.15, 0.2) is 5.16 Å². The Kier molecular flexibility index (Phi) is 3.87. The van der Waals surface area contributed by atoms with Crippen LogP contribution in [-0.4, -0.2) is 28.1 Å². The fourth-order valence-corrected chi connectivity index (χ4v) is 1.04. The van der Waals surface area contributed by atoms with Crippen molar-refractivity contribution in [2.75, 3.05) is 12.3 Å². The topological polar surface area (TPSA) is 97.2 Å². The van der Waals surface area contributed by atoms with Gasteiger partial charge in [-0.05, 0) is 0 Å². The molecular formula is C6H5F2N5OS. The Labute approximate surface area is 87.1 Å². The maximum Gasteiger partial charge on any atom is 0.274 e. The molecule has 0 saturated carbocycles. The van der Waals surface area contributed by atoms with Gasteiger partial charge in [-0.3, -0.25) is 0 Å². The second kappa shape index (κ2) is 5.16. The molecule has 0 spiro atoms. The molecule has 1 aromatic heterocycles. The average Bonchev–Trinajstić information content (AvgIpc) is 2.59. The van der Waals surface area contributed by atoms with E-state index in [0.717, 1.165) is 11.5 Å². The summed E-state index contributed by atoms with van der Waals surface area (Å²) in [5.41, 5.74) is 4.98. The minimum absolute atomic E-state index is 0.0331. The lowest BCUT2D eigenvalue weighted by molar-refractivity contribution is 0.0204. The van der Waals surface area contributed by atoms with Crippen LogP contribution in [0.2, 0.25) is 0 Å². The molecular weight excluding hydrogens is 228 g/mol. The molecule has 0 radical (unpaired) electrons. The maximum absolute atomic E-state index is 11.7. The van der Waals surface area contributed by atoms with Crippen molar-refractivity contribution in [3.8, 4) is 6.07 Å². The summed E-state index contributed by atoms with van der Waals surface area (Å²) in [6.45, 7) is -0.884. The first-order valence-corrected chi connectivity index (χ1v) is 4.38. The Morgan fingerprint density at radius 3 is 2.93 bits per heavy atom. The third kappa shape index (κ3) is 3.43.